The molecular weight excluding hydrogens is 200 g/mol. The van der Waals surface area contributed by atoms with Gasteiger partial charge in [0.2, 0.25) is 0 Å². The van der Waals surface area contributed by atoms with Crippen LogP contribution in [0.25, 0.3) is 0 Å². The van der Waals surface area contributed by atoms with Crippen LogP contribution in [-0.4, -0.2) is 11.9 Å². The molecule has 0 aromatic heterocycles. The zero-order chi connectivity index (χ0) is 10.1. The molecule has 1 fully saturated rings. The van der Waals surface area contributed by atoms with Gasteiger partial charge in [0.15, 0.2) is 5.78 Å². The van der Waals surface area contributed by atoms with E-state index in [1.54, 1.807) is 18.2 Å². The molecule has 1 saturated carbocycles. The first kappa shape index (κ1) is 9.53. The second-order valence-corrected chi connectivity index (χ2v) is 3.92. The Labute approximate surface area is 87.8 Å². The van der Waals surface area contributed by atoms with Crippen molar-refractivity contribution in [1.82, 2.24) is 0 Å². The Morgan fingerprint density at radius 2 is 2.21 bits per heavy atom. The molecule has 0 spiro atoms. The predicted octanol–water partition coefficient (Wildman–Crippen LogP) is 3.08. The summed E-state index contributed by atoms with van der Waals surface area (Å²) in [6.07, 6.45) is 2.56. The summed E-state index contributed by atoms with van der Waals surface area (Å²) in [5.41, 5.74) is 0.532. The number of carbonyl (C=O) groups excluding carboxylic acids is 1. The number of Topliss-reactive ketones (excluding diaryl/α,β-unsaturated/α-hetero) is 1. The van der Waals surface area contributed by atoms with Gasteiger partial charge in [-0.3, -0.25) is 4.79 Å². The standard InChI is InChI=1S/C11H11ClO2/c1-7(13)10-6-9(4-5-11(10)12)14-8-2-3-8/h4-6,8H,2-3H2,1H3. The molecule has 0 saturated heterocycles. The average Bonchev–Trinajstić information content (AvgIpc) is 2.92. The number of ether oxygens (including phenoxy) is 1. The topological polar surface area (TPSA) is 26.3 Å². The SMILES string of the molecule is CC(=O)c1cc(OC2CC2)ccc1Cl. The minimum atomic E-state index is -0.0313. The van der Waals surface area contributed by atoms with Crippen molar-refractivity contribution in [2.75, 3.05) is 0 Å². The Bertz CT molecular complexity index is 370. The molecule has 0 atom stereocenters. The van der Waals surface area contributed by atoms with E-state index in [0.717, 1.165) is 18.6 Å². The molecule has 0 bridgehead atoms. The summed E-state index contributed by atoms with van der Waals surface area (Å²) >= 11 is 5.87. The lowest BCUT2D eigenvalue weighted by Gasteiger charge is -2.06. The highest BCUT2D eigenvalue weighted by atomic mass is 35.5. The summed E-state index contributed by atoms with van der Waals surface area (Å²) in [7, 11) is 0. The van der Waals surface area contributed by atoms with Crippen molar-refractivity contribution in [3.05, 3.63) is 28.8 Å². The minimum absolute atomic E-state index is 0.0313. The highest BCUT2D eigenvalue weighted by molar-refractivity contribution is 6.33. The minimum Gasteiger partial charge on any atom is -0.490 e. The van der Waals surface area contributed by atoms with Crippen molar-refractivity contribution in [2.24, 2.45) is 0 Å². The zero-order valence-corrected chi connectivity index (χ0v) is 8.67. The lowest BCUT2D eigenvalue weighted by Crippen LogP contribution is -1.99. The Morgan fingerprint density at radius 1 is 1.50 bits per heavy atom. The number of ketones is 1. The Kier molecular flexibility index (Phi) is 2.46. The van der Waals surface area contributed by atoms with E-state index in [4.69, 9.17) is 16.3 Å². The van der Waals surface area contributed by atoms with E-state index < -0.39 is 0 Å². The van der Waals surface area contributed by atoms with Gasteiger partial charge in [0.25, 0.3) is 0 Å². The number of hydrogen-bond donors (Lipinski definition) is 0. The second-order valence-electron chi connectivity index (χ2n) is 3.52. The number of carbonyl (C=O) groups is 1. The van der Waals surface area contributed by atoms with Crippen LogP contribution in [0.5, 0.6) is 5.75 Å². The van der Waals surface area contributed by atoms with Gasteiger partial charge >= 0.3 is 0 Å². The van der Waals surface area contributed by atoms with Crippen molar-refractivity contribution in [3.8, 4) is 5.75 Å². The maximum atomic E-state index is 11.2. The summed E-state index contributed by atoms with van der Waals surface area (Å²) in [6, 6.07) is 5.21. The number of rotatable bonds is 3. The van der Waals surface area contributed by atoms with Crippen LogP contribution in [0.1, 0.15) is 30.1 Å². The quantitative estimate of drug-likeness (QED) is 0.717. The van der Waals surface area contributed by atoms with E-state index in [1.165, 1.54) is 6.92 Å². The summed E-state index contributed by atoms with van der Waals surface area (Å²) in [5, 5.41) is 0.487. The molecule has 1 aliphatic rings. The Balaban J connectivity index is 2.24. The van der Waals surface area contributed by atoms with E-state index in [2.05, 4.69) is 0 Å². The highest BCUT2D eigenvalue weighted by Crippen LogP contribution is 2.29. The van der Waals surface area contributed by atoms with Crippen molar-refractivity contribution < 1.29 is 9.53 Å². The lowest BCUT2D eigenvalue weighted by atomic mass is 10.1. The molecule has 0 aliphatic heterocycles. The van der Waals surface area contributed by atoms with Gasteiger partial charge in [0.05, 0.1) is 11.1 Å². The van der Waals surface area contributed by atoms with Crippen LogP contribution < -0.4 is 4.74 Å². The van der Waals surface area contributed by atoms with E-state index in [0.29, 0.717) is 16.7 Å². The van der Waals surface area contributed by atoms with Crippen LogP contribution in [0.2, 0.25) is 5.02 Å². The van der Waals surface area contributed by atoms with Gasteiger partial charge in [0.1, 0.15) is 5.75 Å². The van der Waals surface area contributed by atoms with Gasteiger partial charge in [-0.2, -0.15) is 0 Å². The molecular formula is C11H11ClO2. The van der Waals surface area contributed by atoms with Crippen LogP contribution in [0.4, 0.5) is 0 Å². The highest BCUT2D eigenvalue weighted by Gasteiger charge is 2.23. The smallest absolute Gasteiger partial charge is 0.161 e. The van der Waals surface area contributed by atoms with Gasteiger partial charge in [-0.15, -0.1) is 0 Å². The van der Waals surface area contributed by atoms with Crippen LogP contribution in [0.3, 0.4) is 0 Å². The van der Waals surface area contributed by atoms with E-state index in [9.17, 15) is 4.79 Å². The van der Waals surface area contributed by atoms with Crippen molar-refractivity contribution in [1.29, 1.82) is 0 Å². The third kappa shape index (κ3) is 2.07. The molecule has 1 aromatic carbocycles. The van der Waals surface area contributed by atoms with Crippen LogP contribution >= 0.6 is 11.6 Å². The van der Waals surface area contributed by atoms with Crippen LogP contribution in [-0.2, 0) is 0 Å². The summed E-state index contributed by atoms with van der Waals surface area (Å²) < 4.78 is 5.56. The number of benzene rings is 1. The molecule has 14 heavy (non-hydrogen) atoms. The van der Waals surface area contributed by atoms with E-state index in [1.807, 2.05) is 0 Å². The first-order valence-electron chi connectivity index (χ1n) is 4.64. The first-order valence-corrected chi connectivity index (χ1v) is 5.02. The second kappa shape index (κ2) is 3.62. The molecule has 2 nitrogen and oxygen atoms in total. The van der Waals surface area contributed by atoms with Crippen molar-refractivity contribution in [2.45, 2.75) is 25.9 Å². The molecule has 1 aromatic rings. The molecule has 74 valence electrons. The molecule has 3 heteroatoms. The van der Waals surface area contributed by atoms with Gasteiger partial charge < -0.3 is 4.74 Å². The van der Waals surface area contributed by atoms with Crippen molar-refractivity contribution >= 4 is 17.4 Å². The van der Waals surface area contributed by atoms with Crippen LogP contribution in [0, 0.1) is 0 Å². The molecule has 0 radical (unpaired) electrons. The summed E-state index contributed by atoms with van der Waals surface area (Å²) in [4.78, 5) is 11.2. The molecule has 0 N–H and O–H groups in total. The fraction of sp³-hybridized carbons (Fsp3) is 0.364. The van der Waals surface area contributed by atoms with Gasteiger partial charge in [0, 0.05) is 5.56 Å². The third-order valence-corrected chi connectivity index (χ3v) is 2.47. The maximum absolute atomic E-state index is 11.2. The van der Waals surface area contributed by atoms with Crippen molar-refractivity contribution in [3.63, 3.8) is 0 Å². The fourth-order valence-corrected chi connectivity index (χ4v) is 1.48. The fourth-order valence-electron chi connectivity index (χ4n) is 1.23. The maximum Gasteiger partial charge on any atom is 0.161 e. The normalized spacial score (nSPS) is 15.3. The van der Waals surface area contributed by atoms with Crippen LogP contribution in [0.15, 0.2) is 18.2 Å². The lowest BCUT2D eigenvalue weighted by molar-refractivity contribution is 0.101. The molecule has 0 unspecified atom stereocenters. The number of hydrogen-bond acceptors (Lipinski definition) is 2. The van der Waals surface area contributed by atoms with E-state index >= 15 is 0 Å². The monoisotopic (exact) mass is 210 g/mol. The first-order chi connectivity index (χ1) is 6.66. The Hall–Kier alpha value is -1.02. The Morgan fingerprint density at radius 3 is 2.79 bits per heavy atom. The number of halogens is 1. The third-order valence-electron chi connectivity index (χ3n) is 2.14. The zero-order valence-electron chi connectivity index (χ0n) is 7.92. The molecule has 0 heterocycles. The molecule has 1 aliphatic carbocycles. The summed E-state index contributed by atoms with van der Waals surface area (Å²) in [6.45, 7) is 1.50. The average molecular weight is 211 g/mol. The van der Waals surface area contributed by atoms with Gasteiger partial charge in [-0.25, -0.2) is 0 Å². The van der Waals surface area contributed by atoms with E-state index in [-0.39, 0.29) is 5.78 Å². The predicted molar refractivity (Wildman–Crippen MR) is 55.1 cm³/mol. The largest absolute Gasteiger partial charge is 0.490 e. The molecule has 2 rings (SSSR count). The van der Waals surface area contributed by atoms with Gasteiger partial charge in [-0.05, 0) is 38.0 Å². The molecule has 0 amide bonds. The summed E-state index contributed by atoms with van der Waals surface area (Å²) in [5.74, 6) is 0.707. The van der Waals surface area contributed by atoms with Gasteiger partial charge in [-0.1, -0.05) is 11.6 Å².